The van der Waals surface area contributed by atoms with Crippen molar-refractivity contribution < 1.29 is 28.7 Å². The molecule has 0 fully saturated rings. The van der Waals surface area contributed by atoms with Gasteiger partial charge >= 0.3 is 11.7 Å². The first-order valence-corrected chi connectivity index (χ1v) is 8.25. The number of esters is 1. The first-order valence-electron chi connectivity index (χ1n) is 7.46. The van der Waals surface area contributed by atoms with E-state index in [1.54, 1.807) is 0 Å². The number of carbonyl (C=O) groups is 1. The van der Waals surface area contributed by atoms with Crippen LogP contribution in [-0.2, 0) is 0 Å². The lowest BCUT2D eigenvalue weighted by Crippen LogP contribution is -2.10. The van der Waals surface area contributed by atoms with Gasteiger partial charge in [0.05, 0.1) is 41.9 Å². The number of ether oxygens (including phenoxy) is 4. The lowest BCUT2D eigenvalue weighted by atomic mass is 10.2. The molecule has 0 aliphatic heterocycles. The van der Waals surface area contributed by atoms with Gasteiger partial charge in [-0.3, -0.25) is 10.1 Å². The van der Waals surface area contributed by atoms with Crippen molar-refractivity contribution in [2.45, 2.75) is 6.92 Å². The van der Waals surface area contributed by atoms with Gasteiger partial charge in [-0.05, 0) is 47.1 Å². The van der Waals surface area contributed by atoms with Gasteiger partial charge in [0.2, 0.25) is 5.75 Å². The van der Waals surface area contributed by atoms with Crippen LogP contribution in [0.1, 0.15) is 17.3 Å². The van der Waals surface area contributed by atoms with Gasteiger partial charge in [-0.25, -0.2) is 4.79 Å². The summed E-state index contributed by atoms with van der Waals surface area (Å²) < 4.78 is 21.3. The largest absolute Gasteiger partial charge is 0.496 e. The average Bonchev–Trinajstić information content (AvgIpc) is 2.63. The predicted molar refractivity (Wildman–Crippen MR) is 96.5 cm³/mol. The molecule has 0 atom stereocenters. The smallest absolute Gasteiger partial charge is 0.343 e. The highest BCUT2D eigenvalue weighted by atomic mass is 79.9. The highest BCUT2D eigenvalue weighted by Crippen LogP contribution is 2.37. The Morgan fingerprint density at radius 2 is 1.88 bits per heavy atom. The summed E-state index contributed by atoms with van der Waals surface area (Å²) in [6, 6.07) is 6.87. The van der Waals surface area contributed by atoms with E-state index in [0.29, 0.717) is 22.6 Å². The monoisotopic (exact) mass is 425 g/mol. The molecule has 2 aromatic carbocycles. The van der Waals surface area contributed by atoms with E-state index in [-0.39, 0.29) is 22.7 Å². The zero-order chi connectivity index (χ0) is 19.3. The Morgan fingerprint density at radius 1 is 1.15 bits per heavy atom. The molecule has 8 nitrogen and oxygen atoms in total. The van der Waals surface area contributed by atoms with Crippen molar-refractivity contribution in [1.82, 2.24) is 0 Å². The Kier molecular flexibility index (Phi) is 6.40. The van der Waals surface area contributed by atoms with E-state index >= 15 is 0 Å². The summed E-state index contributed by atoms with van der Waals surface area (Å²) in [4.78, 5) is 23.0. The maximum atomic E-state index is 12.4. The Hall–Kier alpha value is -2.81. The average molecular weight is 426 g/mol. The lowest BCUT2D eigenvalue weighted by Gasteiger charge is -2.13. The van der Waals surface area contributed by atoms with Crippen molar-refractivity contribution in [2.75, 3.05) is 20.8 Å². The van der Waals surface area contributed by atoms with Crippen LogP contribution in [0.4, 0.5) is 5.69 Å². The maximum Gasteiger partial charge on any atom is 0.343 e. The predicted octanol–water partition coefficient (Wildman–Crippen LogP) is 3.99. The molecule has 0 heterocycles. The van der Waals surface area contributed by atoms with Gasteiger partial charge in [-0.15, -0.1) is 0 Å². The number of nitrogens with zero attached hydrogens (tertiary/aromatic N) is 1. The Morgan fingerprint density at radius 3 is 2.46 bits per heavy atom. The van der Waals surface area contributed by atoms with Crippen molar-refractivity contribution in [3.63, 3.8) is 0 Å². The van der Waals surface area contributed by atoms with E-state index in [2.05, 4.69) is 15.9 Å². The molecule has 26 heavy (non-hydrogen) atoms. The highest BCUT2D eigenvalue weighted by Gasteiger charge is 2.22. The molecule has 0 radical (unpaired) electrons. The standard InChI is InChI=1S/C17H16BrNO7/c1-4-25-16-12(18)7-10(8-15(16)24-3)17(20)26-14-6-5-11(23-2)9-13(14)19(21)22/h5-9H,4H2,1-3H3. The Balaban J connectivity index is 2.36. The van der Waals surface area contributed by atoms with Crippen LogP contribution in [0.3, 0.4) is 0 Å². The lowest BCUT2D eigenvalue weighted by molar-refractivity contribution is -0.385. The third-order valence-electron chi connectivity index (χ3n) is 3.32. The number of nitro groups is 1. The fourth-order valence-corrected chi connectivity index (χ4v) is 2.69. The number of benzene rings is 2. The minimum atomic E-state index is -0.777. The second-order valence-corrected chi connectivity index (χ2v) is 5.76. The molecule has 0 bridgehead atoms. The van der Waals surface area contributed by atoms with Gasteiger partial charge < -0.3 is 18.9 Å². The maximum absolute atomic E-state index is 12.4. The molecule has 0 aromatic heterocycles. The first-order chi connectivity index (χ1) is 12.4. The summed E-state index contributed by atoms with van der Waals surface area (Å²) in [6.45, 7) is 2.23. The number of nitro benzene ring substituents is 1. The summed E-state index contributed by atoms with van der Waals surface area (Å²) in [7, 11) is 2.82. The number of halogens is 1. The molecule has 0 saturated heterocycles. The topological polar surface area (TPSA) is 97.1 Å². The summed E-state index contributed by atoms with van der Waals surface area (Å²) in [5.41, 5.74) is -0.239. The van der Waals surface area contributed by atoms with Crippen molar-refractivity contribution in [3.05, 3.63) is 50.5 Å². The molecule has 0 spiro atoms. The molecule has 2 aromatic rings. The molecule has 0 unspecified atom stereocenters. The van der Waals surface area contributed by atoms with E-state index in [0.717, 1.165) is 0 Å². The normalized spacial score (nSPS) is 10.2. The van der Waals surface area contributed by atoms with Crippen molar-refractivity contribution in [2.24, 2.45) is 0 Å². The van der Waals surface area contributed by atoms with Crippen LogP contribution in [0, 0.1) is 10.1 Å². The molecule has 0 N–H and O–H groups in total. The van der Waals surface area contributed by atoms with Crippen LogP contribution in [0.5, 0.6) is 23.0 Å². The minimum Gasteiger partial charge on any atom is -0.496 e. The van der Waals surface area contributed by atoms with E-state index in [1.165, 1.54) is 44.6 Å². The zero-order valence-corrected chi connectivity index (χ0v) is 15.9. The van der Waals surface area contributed by atoms with Gasteiger partial charge in [0.25, 0.3) is 0 Å². The quantitative estimate of drug-likeness (QED) is 0.286. The molecule has 0 saturated carbocycles. The van der Waals surface area contributed by atoms with E-state index in [1.807, 2.05) is 6.92 Å². The molecule has 0 aliphatic rings. The van der Waals surface area contributed by atoms with Crippen LogP contribution in [-0.4, -0.2) is 31.7 Å². The molecule has 0 aliphatic carbocycles. The van der Waals surface area contributed by atoms with Gasteiger partial charge in [0, 0.05) is 0 Å². The summed E-state index contributed by atoms with van der Waals surface area (Å²) in [5.74, 6) is 0.0893. The van der Waals surface area contributed by atoms with Gasteiger partial charge in [0.1, 0.15) is 5.75 Å². The Bertz CT molecular complexity index is 838. The van der Waals surface area contributed by atoms with Crippen molar-refractivity contribution in [3.8, 4) is 23.0 Å². The van der Waals surface area contributed by atoms with Gasteiger partial charge in [-0.2, -0.15) is 0 Å². The van der Waals surface area contributed by atoms with Crippen LogP contribution in [0.25, 0.3) is 0 Å². The molecular formula is C17H16BrNO7. The number of methoxy groups -OCH3 is 2. The number of hydrogen-bond acceptors (Lipinski definition) is 7. The third kappa shape index (κ3) is 4.23. The van der Waals surface area contributed by atoms with Crippen LogP contribution in [0.15, 0.2) is 34.8 Å². The Labute approximate surface area is 157 Å². The van der Waals surface area contributed by atoms with Gasteiger partial charge in [0.15, 0.2) is 11.5 Å². The molecule has 0 amide bonds. The van der Waals surface area contributed by atoms with E-state index < -0.39 is 10.9 Å². The SMILES string of the molecule is CCOc1c(Br)cc(C(=O)Oc2ccc(OC)cc2[N+](=O)[O-])cc1OC. The van der Waals surface area contributed by atoms with E-state index in [4.69, 9.17) is 18.9 Å². The fraction of sp³-hybridized carbons (Fsp3) is 0.235. The van der Waals surface area contributed by atoms with Crippen molar-refractivity contribution in [1.29, 1.82) is 0 Å². The molecule has 138 valence electrons. The summed E-state index contributed by atoms with van der Waals surface area (Å²) in [5, 5.41) is 11.2. The van der Waals surface area contributed by atoms with Gasteiger partial charge in [-0.1, -0.05) is 0 Å². The number of carbonyl (C=O) groups excluding carboxylic acids is 1. The fourth-order valence-electron chi connectivity index (χ4n) is 2.13. The van der Waals surface area contributed by atoms with Crippen LogP contribution < -0.4 is 18.9 Å². The van der Waals surface area contributed by atoms with Crippen LogP contribution in [0.2, 0.25) is 0 Å². The molecular weight excluding hydrogens is 410 g/mol. The number of rotatable bonds is 7. The highest BCUT2D eigenvalue weighted by molar-refractivity contribution is 9.10. The summed E-state index contributed by atoms with van der Waals surface area (Å²) >= 11 is 3.31. The minimum absolute atomic E-state index is 0.141. The third-order valence-corrected chi connectivity index (χ3v) is 3.91. The van der Waals surface area contributed by atoms with Crippen LogP contribution >= 0.6 is 15.9 Å². The summed E-state index contributed by atoms with van der Waals surface area (Å²) in [6.07, 6.45) is 0. The first kappa shape index (κ1) is 19.5. The van der Waals surface area contributed by atoms with Crippen molar-refractivity contribution >= 4 is 27.6 Å². The molecule has 2 rings (SSSR count). The second-order valence-electron chi connectivity index (χ2n) is 4.90. The molecule has 9 heteroatoms. The van der Waals surface area contributed by atoms with E-state index in [9.17, 15) is 14.9 Å². The second kappa shape index (κ2) is 8.52. The zero-order valence-electron chi connectivity index (χ0n) is 14.3. The number of hydrogen-bond donors (Lipinski definition) is 0.